The Labute approximate surface area is 174 Å². The lowest BCUT2D eigenvalue weighted by molar-refractivity contribution is -0.148. The Bertz CT molecular complexity index is 563. The van der Waals surface area contributed by atoms with Gasteiger partial charge in [0.05, 0.1) is 18.6 Å². The number of nitrogens with zero attached hydrogens (tertiary/aromatic N) is 1. The third-order valence-corrected chi connectivity index (χ3v) is 5.05. The highest BCUT2D eigenvalue weighted by Gasteiger charge is 2.34. The van der Waals surface area contributed by atoms with Crippen LogP contribution in [0, 0.1) is 5.92 Å². The molecule has 29 heavy (non-hydrogen) atoms. The molecule has 1 rings (SSSR count). The van der Waals surface area contributed by atoms with Crippen LogP contribution in [0.5, 0.6) is 0 Å². The average Bonchev–Trinajstić information content (AvgIpc) is 3.17. The molecule has 0 aromatic rings. The summed E-state index contributed by atoms with van der Waals surface area (Å²) in [6.07, 6.45) is 8.47. The minimum absolute atomic E-state index is 0.0432. The number of hydrogen-bond donors (Lipinski definition) is 2. The van der Waals surface area contributed by atoms with Crippen molar-refractivity contribution in [1.82, 2.24) is 10.2 Å². The molecule has 0 bridgehead atoms. The summed E-state index contributed by atoms with van der Waals surface area (Å²) in [5, 5.41) is 11.7. The second kappa shape index (κ2) is 13.9. The summed E-state index contributed by atoms with van der Waals surface area (Å²) < 4.78 is 5.39. The zero-order valence-corrected chi connectivity index (χ0v) is 17.6. The van der Waals surface area contributed by atoms with Crippen molar-refractivity contribution in [2.75, 3.05) is 19.8 Å². The van der Waals surface area contributed by atoms with Crippen molar-refractivity contribution in [3.63, 3.8) is 0 Å². The van der Waals surface area contributed by atoms with Gasteiger partial charge in [-0.05, 0) is 45.4 Å². The van der Waals surface area contributed by atoms with E-state index in [9.17, 15) is 14.4 Å². The Balaban J connectivity index is 2.57. The third kappa shape index (κ3) is 9.26. The van der Waals surface area contributed by atoms with E-state index in [2.05, 4.69) is 18.5 Å². The molecule has 0 saturated carbocycles. The fourth-order valence-corrected chi connectivity index (χ4v) is 3.43. The van der Waals surface area contributed by atoms with Gasteiger partial charge in [0, 0.05) is 25.4 Å². The summed E-state index contributed by atoms with van der Waals surface area (Å²) in [5.74, 6) is -1.13. The Kier molecular flexibility index (Phi) is 12.0. The number of aliphatic hydroxyl groups is 1. The maximum Gasteiger partial charge on any atom is 0.305 e. The van der Waals surface area contributed by atoms with Crippen LogP contribution in [0.15, 0.2) is 25.3 Å². The van der Waals surface area contributed by atoms with E-state index in [-0.39, 0.29) is 49.5 Å². The topological polar surface area (TPSA) is 95.9 Å². The molecule has 2 N–H and O–H groups in total. The molecule has 1 aliphatic heterocycles. The van der Waals surface area contributed by atoms with Crippen molar-refractivity contribution >= 4 is 17.8 Å². The van der Waals surface area contributed by atoms with Gasteiger partial charge >= 0.3 is 5.97 Å². The Morgan fingerprint density at radius 3 is 2.69 bits per heavy atom. The lowest BCUT2D eigenvalue weighted by Gasteiger charge is -2.28. The van der Waals surface area contributed by atoms with E-state index in [4.69, 9.17) is 9.84 Å². The fraction of sp³-hybridized carbons (Fsp3) is 0.682. The highest BCUT2D eigenvalue weighted by atomic mass is 16.5. The van der Waals surface area contributed by atoms with Crippen molar-refractivity contribution < 1.29 is 24.2 Å². The quantitative estimate of drug-likeness (QED) is 0.261. The molecular formula is C22H36N2O5. The smallest absolute Gasteiger partial charge is 0.305 e. The number of likely N-dealkylation sites (tertiary alicyclic amines) is 1. The first-order valence-electron chi connectivity index (χ1n) is 10.5. The molecule has 0 spiro atoms. The van der Waals surface area contributed by atoms with Gasteiger partial charge < -0.3 is 20.1 Å². The number of nitrogens with one attached hydrogen (secondary N) is 1. The zero-order chi connectivity index (χ0) is 21.6. The molecule has 1 fully saturated rings. The summed E-state index contributed by atoms with van der Waals surface area (Å²) in [6, 6.07) is -0.501. The van der Waals surface area contributed by atoms with Crippen molar-refractivity contribution in [2.45, 2.75) is 70.4 Å². The monoisotopic (exact) mass is 408 g/mol. The molecule has 1 saturated heterocycles. The van der Waals surface area contributed by atoms with Crippen LogP contribution >= 0.6 is 0 Å². The summed E-state index contributed by atoms with van der Waals surface area (Å²) in [4.78, 5) is 38.8. The van der Waals surface area contributed by atoms with E-state index in [1.54, 1.807) is 17.9 Å². The lowest BCUT2D eigenvalue weighted by atomic mass is 9.98. The van der Waals surface area contributed by atoms with Crippen LogP contribution in [0.3, 0.4) is 0 Å². The van der Waals surface area contributed by atoms with Crippen LogP contribution in [0.1, 0.15) is 58.3 Å². The molecule has 7 heteroatoms. The standard InChI is InChI=1S/C22H36N2O5/c1-4-6-7-8-12-21(27)29-16-19-11-9-13-24(19)22(28)18(10-5-2)14-20(26)23-17(3)15-25/h4-5,17-19,25H,1-2,6-16H2,3H3,(H,23,26)/t17-,18+,19-/m0/s1. The average molecular weight is 409 g/mol. The van der Waals surface area contributed by atoms with Crippen LogP contribution in [0.4, 0.5) is 0 Å². The van der Waals surface area contributed by atoms with E-state index in [1.807, 2.05) is 6.08 Å². The van der Waals surface area contributed by atoms with Gasteiger partial charge in [0.25, 0.3) is 0 Å². The van der Waals surface area contributed by atoms with Gasteiger partial charge in [-0.15, -0.1) is 13.2 Å². The maximum absolute atomic E-state index is 13.0. The number of esters is 1. The number of allylic oxidation sites excluding steroid dienone is 2. The number of hydrogen-bond acceptors (Lipinski definition) is 5. The molecule has 0 aliphatic carbocycles. The van der Waals surface area contributed by atoms with Crippen LogP contribution in [-0.4, -0.2) is 59.6 Å². The predicted octanol–water partition coefficient (Wildman–Crippen LogP) is 2.35. The number of unbranched alkanes of at least 4 members (excludes halogenated alkanes) is 2. The Hall–Kier alpha value is -2.15. The van der Waals surface area contributed by atoms with Crippen LogP contribution in [-0.2, 0) is 19.1 Å². The first kappa shape index (κ1) is 24.9. The van der Waals surface area contributed by atoms with Gasteiger partial charge in [0.15, 0.2) is 0 Å². The van der Waals surface area contributed by atoms with Crippen molar-refractivity contribution in [3.05, 3.63) is 25.3 Å². The Morgan fingerprint density at radius 1 is 1.28 bits per heavy atom. The van der Waals surface area contributed by atoms with E-state index in [0.717, 1.165) is 32.1 Å². The van der Waals surface area contributed by atoms with E-state index >= 15 is 0 Å². The summed E-state index contributed by atoms with van der Waals surface area (Å²) in [5.41, 5.74) is 0. The normalized spacial score (nSPS) is 18.0. The summed E-state index contributed by atoms with van der Waals surface area (Å²) in [6.45, 7) is 9.69. The van der Waals surface area contributed by atoms with Crippen LogP contribution < -0.4 is 5.32 Å². The number of ether oxygens (including phenoxy) is 1. The second-order valence-electron chi connectivity index (χ2n) is 7.62. The van der Waals surface area contributed by atoms with Crippen LogP contribution in [0.25, 0.3) is 0 Å². The van der Waals surface area contributed by atoms with E-state index < -0.39 is 5.92 Å². The number of aliphatic hydroxyl groups excluding tert-OH is 1. The number of carbonyl (C=O) groups excluding carboxylic acids is 3. The molecule has 164 valence electrons. The zero-order valence-electron chi connectivity index (χ0n) is 17.6. The highest BCUT2D eigenvalue weighted by molar-refractivity contribution is 5.86. The SMILES string of the molecule is C=CCCCCC(=O)OC[C@@H]1CCCN1C(=O)[C@H](CC=C)CC(=O)N[C@@H](C)CO. The fourth-order valence-electron chi connectivity index (χ4n) is 3.43. The molecule has 0 aromatic heterocycles. The molecule has 0 radical (unpaired) electrons. The molecular weight excluding hydrogens is 372 g/mol. The second-order valence-corrected chi connectivity index (χ2v) is 7.62. The number of amides is 2. The minimum Gasteiger partial charge on any atom is -0.463 e. The number of carbonyl (C=O) groups is 3. The largest absolute Gasteiger partial charge is 0.463 e. The summed E-state index contributed by atoms with van der Waals surface area (Å²) >= 11 is 0. The van der Waals surface area contributed by atoms with Gasteiger partial charge in [-0.1, -0.05) is 12.2 Å². The van der Waals surface area contributed by atoms with Crippen LogP contribution in [0.2, 0.25) is 0 Å². The lowest BCUT2D eigenvalue weighted by Crippen LogP contribution is -2.44. The van der Waals surface area contributed by atoms with Crippen molar-refractivity contribution in [2.24, 2.45) is 5.92 Å². The van der Waals surface area contributed by atoms with Gasteiger partial charge in [0.1, 0.15) is 6.61 Å². The molecule has 7 nitrogen and oxygen atoms in total. The van der Waals surface area contributed by atoms with E-state index in [1.165, 1.54) is 0 Å². The van der Waals surface area contributed by atoms with Gasteiger partial charge in [-0.25, -0.2) is 0 Å². The predicted molar refractivity (Wildman–Crippen MR) is 112 cm³/mol. The first-order chi connectivity index (χ1) is 13.9. The summed E-state index contributed by atoms with van der Waals surface area (Å²) in [7, 11) is 0. The molecule has 2 amide bonds. The van der Waals surface area contributed by atoms with Gasteiger partial charge in [-0.2, -0.15) is 0 Å². The molecule has 1 heterocycles. The van der Waals surface area contributed by atoms with E-state index in [0.29, 0.717) is 19.4 Å². The molecule has 0 unspecified atom stereocenters. The molecule has 1 aliphatic rings. The Morgan fingerprint density at radius 2 is 2.03 bits per heavy atom. The molecule has 0 aromatic carbocycles. The van der Waals surface area contributed by atoms with Crippen molar-refractivity contribution in [3.8, 4) is 0 Å². The molecule has 3 atom stereocenters. The van der Waals surface area contributed by atoms with Gasteiger partial charge in [0.2, 0.25) is 11.8 Å². The minimum atomic E-state index is -0.506. The maximum atomic E-state index is 13.0. The number of rotatable bonds is 14. The van der Waals surface area contributed by atoms with Gasteiger partial charge in [-0.3, -0.25) is 14.4 Å². The van der Waals surface area contributed by atoms with Crippen molar-refractivity contribution in [1.29, 1.82) is 0 Å². The third-order valence-electron chi connectivity index (χ3n) is 5.05. The highest BCUT2D eigenvalue weighted by Crippen LogP contribution is 2.23. The first-order valence-corrected chi connectivity index (χ1v) is 10.5.